The molecule has 1 rings (SSSR count). The van der Waals surface area contributed by atoms with Gasteiger partial charge in [0.25, 0.3) is 0 Å². The molecule has 0 fully saturated rings. The van der Waals surface area contributed by atoms with E-state index in [1.54, 1.807) is 7.11 Å². The molecule has 1 aromatic rings. The van der Waals surface area contributed by atoms with Gasteiger partial charge in [0.2, 0.25) is 5.88 Å². The first-order chi connectivity index (χ1) is 3.93. The Kier molecular flexibility index (Phi) is 1.42. The highest BCUT2D eigenvalue weighted by Crippen LogP contribution is 1.96. The Labute approximate surface area is 47.3 Å². The topological polar surface area (TPSA) is 35.0 Å². The number of hydrogen-bond acceptors (Lipinski definition) is 3. The molecular weight excluding hydrogens is 104 g/mol. The third kappa shape index (κ3) is 0.932. The van der Waals surface area contributed by atoms with Crippen molar-refractivity contribution in [2.45, 2.75) is 0 Å². The molecule has 0 saturated carbocycles. The van der Waals surface area contributed by atoms with Crippen LogP contribution in [0, 0.1) is 6.20 Å². The molecule has 0 spiro atoms. The zero-order valence-electron chi connectivity index (χ0n) is 4.46. The Morgan fingerprint density at radius 2 is 2.62 bits per heavy atom. The van der Waals surface area contributed by atoms with Crippen molar-refractivity contribution in [3.8, 4) is 5.88 Å². The summed E-state index contributed by atoms with van der Waals surface area (Å²) >= 11 is 0. The average Bonchev–Trinajstić information content (AvgIpc) is 1.90. The first-order valence-electron chi connectivity index (χ1n) is 2.15. The molecule has 0 unspecified atom stereocenters. The summed E-state index contributed by atoms with van der Waals surface area (Å²) in [6.45, 7) is 0. The van der Waals surface area contributed by atoms with Crippen LogP contribution in [0.3, 0.4) is 0 Å². The summed E-state index contributed by atoms with van der Waals surface area (Å²) in [4.78, 5) is 7.40. The zero-order valence-corrected chi connectivity index (χ0v) is 4.46. The summed E-state index contributed by atoms with van der Waals surface area (Å²) in [6, 6.07) is 0. The lowest BCUT2D eigenvalue weighted by Crippen LogP contribution is -1.85. The van der Waals surface area contributed by atoms with Gasteiger partial charge in [-0.1, -0.05) is 0 Å². The molecule has 41 valence electrons. The van der Waals surface area contributed by atoms with Gasteiger partial charge in [0.15, 0.2) is 0 Å². The van der Waals surface area contributed by atoms with E-state index in [0.29, 0.717) is 5.88 Å². The van der Waals surface area contributed by atoms with Crippen molar-refractivity contribution in [2.75, 3.05) is 7.11 Å². The maximum absolute atomic E-state index is 4.72. The Hall–Kier alpha value is -1.12. The first-order valence-corrected chi connectivity index (χ1v) is 2.15. The van der Waals surface area contributed by atoms with Gasteiger partial charge in [-0.3, -0.25) is 0 Å². The molecule has 1 heterocycles. The van der Waals surface area contributed by atoms with Crippen molar-refractivity contribution in [3.63, 3.8) is 0 Å². The van der Waals surface area contributed by atoms with Crippen molar-refractivity contribution in [2.24, 2.45) is 0 Å². The molecule has 0 atom stereocenters. The highest BCUT2D eigenvalue weighted by Gasteiger charge is 1.83. The van der Waals surface area contributed by atoms with Crippen LogP contribution in [0.25, 0.3) is 0 Å². The second-order valence-corrected chi connectivity index (χ2v) is 1.19. The van der Waals surface area contributed by atoms with Crippen LogP contribution in [-0.2, 0) is 0 Å². The summed E-state index contributed by atoms with van der Waals surface area (Å²) in [5, 5.41) is 0. The zero-order chi connectivity index (χ0) is 5.82. The molecule has 0 aliphatic rings. The fraction of sp³-hybridized carbons (Fsp3) is 0.200. The average molecular weight is 109 g/mol. The summed E-state index contributed by atoms with van der Waals surface area (Å²) in [5.41, 5.74) is 0. The van der Waals surface area contributed by atoms with Crippen LogP contribution < -0.4 is 4.74 Å². The van der Waals surface area contributed by atoms with Crippen molar-refractivity contribution >= 4 is 0 Å². The monoisotopic (exact) mass is 109 g/mol. The second kappa shape index (κ2) is 2.26. The van der Waals surface area contributed by atoms with Gasteiger partial charge in [-0.05, 0) is 0 Å². The fourth-order valence-corrected chi connectivity index (χ4v) is 0.357. The maximum atomic E-state index is 4.72. The third-order valence-corrected chi connectivity index (χ3v) is 0.708. The first kappa shape index (κ1) is 5.03. The lowest BCUT2D eigenvalue weighted by Gasteiger charge is -1.91. The van der Waals surface area contributed by atoms with Crippen molar-refractivity contribution in [1.29, 1.82) is 0 Å². The minimum absolute atomic E-state index is 0.517. The van der Waals surface area contributed by atoms with E-state index >= 15 is 0 Å². The quantitative estimate of drug-likeness (QED) is 0.519. The van der Waals surface area contributed by atoms with E-state index in [1.165, 1.54) is 12.4 Å². The predicted molar refractivity (Wildman–Crippen MR) is 27.4 cm³/mol. The Bertz CT molecular complexity index is 152. The van der Waals surface area contributed by atoms with E-state index in [1.807, 2.05) is 0 Å². The van der Waals surface area contributed by atoms with Crippen molar-refractivity contribution in [1.82, 2.24) is 9.97 Å². The van der Waals surface area contributed by atoms with Gasteiger partial charge in [0, 0.05) is 0 Å². The Balaban J connectivity index is 2.83. The van der Waals surface area contributed by atoms with E-state index in [-0.39, 0.29) is 0 Å². The molecular formula is C5H5N2O. The normalized spacial score (nSPS) is 8.62. The van der Waals surface area contributed by atoms with E-state index < -0.39 is 0 Å². The van der Waals surface area contributed by atoms with Gasteiger partial charge in [-0.15, -0.1) is 0 Å². The Morgan fingerprint density at radius 1 is 1.75 bits per heavy atom. The molecule has 0 amide bonds. The smallest absolute Gasteiger partial charge is 0.232 e. The van der Waals surface area contributed by atoms with Gasteiger partial charge in [0.05, 0.1) is 19.5 Å². The lowest BCUT2D eigenvalue weighted by molar-refractivity contribution is 0.395. The summed E-state index contributed by atoms with van der Waals surface area (Å²) in [5.74, 6) is 0.517. The van der Waals surface area contributed by atoms with Crippen LogP contribution in [-0.4, -0.2) is 17.1 Å². The standard InChI is InChI=1S/C5H5N2O/c1-8-5-4-6-2-3-7-5/h3-4H,1H3. The Morgan fingerprint density at radius 3 is 3.00 bits per heavy atom. The fourth-order valence-electron chi connectivity index (χ4n) is 0.357. The van der Waals surface area contributed by atoms with E-state index in [0.717, 1.165) is 0 Å². The van der Waals surface area contributed by atoms with E-state index in [2.05, 4.69) is 16.2 Å². The lowest BCUT2D eigenvalue weighted by atomic mass is 10.7. The molecule has 0 bridgehead atoms. The predicted octanol–water partition coefficient (Wildman–Crippen LogP) is 0.285. The van der Waals surface area contributed by atoms with E-state index in [9.17, 15) is 0 Å². The minimum atomic E-state index is 0.517. The summed E-state index contributed by atoms with van der Waals surface area (Å²) < 4.78 is 4.72. The molecule has 1 aromatic heterocycles. The van der Waals surface area contributed by atoms with Crippen LogP contribution in [0.1, 0.15) is 0 Å². The van der Waals surface area contributed by atoms with Crippen LogP contribution in [0.5, 0.6) is 5.88 Å². The molecule has 0 aromatic carbocycles. The molecule has 3 heteroatoms. The van der Waals surface area contributed by atoms with Gasteiger partial charge < -0.3 is 4.74 Å². The van der Waals surface area contributed by atoms with Crippen molar-refractivity contribution in [3.05, 3.63) is 18.6 Å². The number of ether oxygens (including phenoxy) is 1. The molecule has 3 nitrogen and oxygen atoms in total. The van der Waals surface area contributed by atoms with Gasteiger partial charge in [-0.25, -0.2) is 9.97 Å². The molecule has 0 saturated heterocycles. The highest BCUT2D eigenvalue weighted by atomic mass is 16.5. The number of rotatable bonds is 1. The largest absolute Gasteiger partial charge is 0.480 e. The molecule has 0 aliphatic heterocycles. The van der Waals surface area contributed by atoms with E-state index in [4.69, 9.17) is 4.74 Å². The number of aromatic nitrogens is 2. The molecule has 0 aliphatic carbocycles. The molecule has 1 radical (unpaired) electrons. The number of nitrogens with zero attached hydrogens (tertiary/aromatic N) is 2. The van der Waals surface area contributed by atoms with Crippen molar-refractivity contribution < 1.29 is 4.74 Å². The van der Waals surface area contributed by atoms with Gasteiger partial charge in [-0.2, -0.15) is 0 Å². The third-order valence-electron chi connectivity index (χ3n) is 0.708. The number of methoxy groups -OCH3 is 1. The summed E-state index contributed by atoms with van der Waals surface area (Å²) in [6.07, 6.45) is 5.48. The van der Waals surface area contributed by atoms with Gasteiger partial charge >= 0.3 is 0 Å². The van der Waals surface area contributed by atoms with Crippen LogP contribution in [0.4, 0.5) is 0 Å². The van der Waals surface area contributed by atoms with Crippen LogP contribution in [0.2, 0.25) is 0 Å². The van der Waals surface area contributed by atoms with Crippen LogP contribution >= 0.6 is 0 Å². The maximum Gasteiger partial charge on any atom is 0.232 e. The molecule has 0 N–H and O–H groups in total. The highest BCUT2D eigenvalue weighted by molar-refractivity contribution is 4.99. The number of hydrogen-bond donors (Lipinski definition) is 0. The minimum Gasteiger partial charge on any atom is -0.480 e. The van der Waals surface area contributed by atoms with Gasteiger partial charge in [0.1, 0.15) is 6.20 Å². The molecule has 8 heavy (non-hydrogen) atoms. The second-order valence-electron chi connectivity index (χ2n) is 1.19. The SMILES string of the molecule is COc1cn[c]cn1. The summed E-state index contributed by atoms with van der Waals surface area (Å²) in [7, 11) is 1.55. The van der Waals surface area contributed by atoms with Crippen LogP contribution in [0.15, 0.2) is 12.4 Å².